The Kier molecular flexibility index (Phi) is 13.1. The monoisotopic (exact) mass is 603 g/mol. The first kappa shape index (κ1) is 34.6. The van der Waals surface area contributed by atoms with Gasteiger partial charge in [0.05, 0.1) is 12.7 Å². The fraction of sp³-hybridized carbons (Fsp3) is 0.727. The van der Waals surface area contributed by atoms with Gasteiger partial charge < -0.3 is 34.0 Å². The number of allylic oxidation sites excluding steroid dienone is 2. The highest BCUT2D eigenvalue weighted by atomic mass is 16.6. The summed E-state index contributed by atoms with van der Waals surface area (Å²) in [4.78, 5) is 43.6. The maximum atomic E-state index is 13.1. The number of carbonyl (C=O) groups excluding carboxylic acids is 3. The van der Waals surface area contributed by atoms with Crippen LogP contribution in [0.2, 0.25) is 0 Å². The molecule has 3 aliphatic rings. The summed E-state index contributed by atoms with van der Waals surface area (Å²) in [7, 11) is 2.05. The summed E-state index contributed by atoms with van der Waals surface area (Å²) in [5, 5.41) is 9.63. The fourth-order valence-corrected chi connectivity index (χ4v) is 5.57. The number of piperazine rings is 1. The number of rotatable bonds is 6. The van der Waals surface area contributed by atoms with Gasteiger partial charge in [-0.05, 0) is 44.9 Å². The Morgan fingerprint density at radius 2 is 1.84 bits per heavy atom. The van der Waals surface area contributed by atoms with Crippen LogP contribution in [0.15, 0.2) is 36.0 Å². The largest absolute Gasteiger partial charge is 0.457 e. The second-order valence-electron chi connectivity index (χ2n) is 13.2. The van der Waals surface area contributed by atoms with Crippen LogP contribution in [-0.4, -0.2) is 109 Å². The normalized spacial score (nSPS) is 29.4. The third-order valence-electron chi connectivity index (χ3n) is 8.68. The predicted molar refractivity (Wildman–Crippen MR) is 165 cm³/mol. The molecule has 10 nitrogen and oxygen atoms in total. The van der Waals surface area contributed by atoms with Crippen molar-refractivity contribution >= 4 is 18.2 Å². The van der Waals surface area contributed by atoms with E-state index in [2.05, 4.69) is 25.8 Å². The zero-order chi connectivity index (χ0) is 31.6. The van der Waals surface area contributed by atoms with Gasteiger partial charge in [0.1, 0.15) is 12.2 Å². The first-order valence-electron chi connectivity index (χ1n) is 15.8. The number of aliphatic hydroxyl groups excluding tert-OH is 1. The smallest absolute Gasteiger partial charge is 0.410 e. The third kappa shape index (κ3) is 11.0. The van der Waals surface area contributed by atoms with Crippen molar-refractivity contribution in [2.75, 3.05) is 52.9 Å². The van der Waals surface area contributed by atoms with E-state index in [4.69, 9.17) is 14.2 Å². The van der Waals surface area contributed by atoms with Gasteiger partial charge >= 0.3 is 18.2 Å². The highest BCUT2D eigenvalue weighted by molar-refractivity contribution is 5.70. The summed E-state index contributed by atoms with van der Waals surface area (Å²) in [5.41, 5.74) is 0.595. The van der Waals surface area contributed by atoms with Gasteiger partial charge in [0.25, 0.3) is 0 Å². The average Bonchev–Trinajstić information content (AvgIpc) is 3.40. The predicted octanol–water partition coefficient (Wildman–Crippen LogP) is 4.79. The molecule has 3 heterocycles. The van der Waals surface area contributed by atoms with Crippen molar-refractivity contribution in [3.63, 3.8) is 0 Å². The number of cyclic esters (lactones) is 1. The number of β-amino-alcohol motifs (C(OH)–C–C–N with tert-alkyl or cyclic N) is 1. The lowest BCUT2D eigenvalue weighted by Gasteiger charge is -2.36. The van der Waals surface area contributed by atoms with E-state index in [1.165, 1.54) is 4.90 Å². The highest BCUT2D eigenvalue weighted by Gasteiger charge is 2.34. The molecule has 0 unspecified atom stereocenters. The van der Waals surface area contributed by atoms with Crippen molar-refractivity contribution in [3.8, 4) is 0 Å². The molecule has 0 aromatic rings. The molecular formula is C33H53N3O7. The first-order chi connectivity index (χ1) is 20.4. The van der Waals surface area contributed by atoms with Gasteiger partial charge in [0.2, 0.25) is 0 Å². The number of hydrogen-bond acceptors (Lipinski definition) is 8. The number of nitrogens with zero attached hydrogens (tertiary/aromatic N) is 3. The molecule has 0 bridgehead atoms. The summed E-state index contributed by atoms with van der Waals surface area (Å²) in [5.74, 6) is -0.386. The number of esters is 1. The third-order valence-corrected chi connectivity index (χ3v) is 8.68. The van der Waals surface area contributed by atoms with E-state index in [0.29, 0.717) is 45.4 Å². The highest BCUT2D eigenvalue weighted by Crippen LogP contribution is 2.33. The van der Waals surface area contributed by atoms with Crippen LogP contribution >= 0.6 is 0 Å². The van der Waals surface area contributed by atoms with Crippen LogP contribution in [0.25, 0.3) is 0 Å². The minimum Gasteiger partial charge on any atom is -0.457 e. The van der Waals surface area contributed by atoms with Crippen LogP contribution in [0.5, 0.6) is 0 Å². The van der Waals surface area contributed by atoms with Gasteiger partial charge in [-0.2, -0.15) is 0 Å². The van der Waals surface area contributed by atoms with Crippen LogP contribution in [0.4, 0.5) is 9.59 Å². The van der Waals surface area contributed by atoms with Gasteiger partial charge in [0.15, 0.2) is 0 Å². The maximum absolute atomic E-state index is 13.1. The molecule has 0 aromatic carbocycles. The van der Waals surface area contributed by atoms with E-state index in [1.807, 2.05) is 51.2 Å². The van der Waals surface area contributed by atoms with Crippen molar-refractivity contribution in [1.29, 1.82) is 0 Å². The summed E-state index contributed by atoms with van der Waals surface area (Å²) in [6.07, 6.45) is 11.0. The van der Waals surface area contributed by atoms with Gasteiger partial charge in [-0.15, -0.1) is 0 Å². The number of amides is 2. The van der Waals surface area contributed by atoms with E-state index >= 15 is 0 Å². The molecule has 3 aliphatic heterocycles. The number of aliphatic hydroxyl groups is 1. The molecule has 5 atom stereocenters. The molecule has 2 fully saturated rings. The molecule has 43 heavy (non-hydrogen) atoms. The molecule has 0 spiro atoms. The lowest BCUT2D eigenvalue weighted by Crippen LogP contribution is -2.48. The van der Waals surface area contributed by atoms with Crippen molar-refractivity contribution in [2.24, 2.45) is 17.3 Å². The zero-order valence-electron chi connectivity index (χ0n) is 27.0. The molecule has 242 valence electrons. The van der Waals surface area contributed by atoms with Crippen LogP contribution in [0.1, 0.15) is 66.7 Å². The molecule has 0 radical (unpaired) electrons. The van der Waals surface area contributed by atoms with Crippen molar-refractivity contribution in [3.05, 3.63) is 36.0 Å². The molecule has 1 N–H and O–H groups in total. The number of carbonyl (C=O) groups is 3. The standard InChI is InChI=1S/C33H53N3O7/c1-24(23-41-31(39)36-17-15-27(37)22-36)10-9-11-25(2)30-26(3)13-14-28(33(4,5)16-8-7-12-29(38)43-30)42-32(40)35-20-18-34(6)19-21-35/h9-11,13-14,24,26-28,30,37H,7-8,12,15-23H2,1-6H3/b10-9+,14-13+,25-11+/t24-,26+,27-,28+,30-/m1/s1. The van der Waals surface area contributed by atoms with Crippen LogP contribution in [0.3, 0.4) is 0 Å². The Morgan fingerprint density at radius 3 is 2.51 bits per heavy atom. The number of likely N-dealkylation sites (N-methyl/N-ethyl adjacent to an activating group) is 1. The van der Waals surface area contributed by atoms with E-state index in [-0.39, 0.29) is 35.9 Å². The molecule has 0 aliphatic carbocycles. The van der Waals surface area contributed by atoms with E-state index < -0.39 is 24.4 Å². The molecule has 2 amide bonds. The lowest BCUT2D eigenvalue weighted by atomic mass is 9.80. The zero-order valence-corrected chi connectivity index (χ0v) is 27.0. The Bertz CT molecular complexity index is 1030. The molecule has 2 saturated heterocycles. The van der Waals surface area contributed by atoms with Gasteiger partial charge in [-0.25, -0.2) is 9.59 Å². The first-order valence-corrected chi connectivity index (χ1v) is 15.8. The quantitative estimate of drug-likeness (QED) is 0.200. The molecule has 10 heteroatoms. The summed E-state index contributed by atoms with van der Waals surface area (Å²) < 4.78 is 17.5. The number of ether oxygens (including phenoxy) is 3. The van der Waals surface area contributed by atoms with Gasteiger partial charge in [0, 0.05) is 62.9 Å². The van der Waals surface area contributed by atoms with E-state index in [9.17, 15) is 19.5 Å². The van der Waals surface area contributed by atoms with Crippen LogP contribution < -0.4 is 0 Å². The summed E-state index contributed by atoms with van der Waals surface area (Å²) >= 11 is 0. The van der Waals surface area contributed by atoms with Crippen LogP contribution in [-0.2, 0) is 19.0 Å². The SMILES string of the molecule is C/C(=C\C=C\[C@@H](C)COC(=O)N1CC[C@@H](O)C1)[C@H]1OC(=O)CCCCC(C)(C)[C@@H](OC(=O)N2CCN(C)CC2)/C=C/[C@@H]1C. The maximum Gasteiger partial charge on any atom is 0.410 e. The van der Waals surface area contributed by atoms with Crippen molar-refractivity contribution < 1.29 is 33.7 Å². The minimum atomic E-state index is -0.477. The Hall–Kier alpha value is -2.85. The number of likely N-dealkylation sites (tertiary alicyclic amines) is 1. The average molecular weight is 604 g/mol. The summed E-state index contributed by atoms with van der Waals surface area (Å²) in [6.45, 7) is 14.2. The second-order valence-corrected chi connectivity index (χ2v) is 13.2. The van der Waals surface area contributed by atoms with Crippen LogP contribution in [0, 0.1) is 17.3 Å². The number of hydrogen-bond donors (Lipinski definition) is 1. The fourth-order valence-electron chi connectivity index (χ4n) is 5.57. The Labute approximate surface area is 257 Å². The van der Waals surface area contributed by atoms with Crippen molar-refractivity contribution in [2.45, 2.75) is 85.0 Å². The Morgan fingerprint density at radius 1 is 1.12 bits per heavy atom. The van der Waals surface area contributed by atoms with E-state index in [0.717, 1.165) is 31.5 Å². The minimum absolute atomic E-state index is 0.0188. The van der Waals surface area contributed by atoms with E-state index in [1.54, 1.807) is 4.90 Å². The molecular weight excluding hydrogens is 550 g/mol. The molecule has 3 rings (SSSR count). The second kappa shape index (κ2) is 16.3. The van der Waals surface area contributed by atoms with Gasteiger partial charge in [-0.1, -0.05) is 58.4 Å². The summed E-state index contributed by atoms with van der Waals surface area (Å²) in [6, 6.07) is 0. The topological polar surface area (TPSA) is 109 Å². The van der Waals surface area contributed by atoms with Crippen molar-refractivity contribution in [1.82, 2.24) is 14.7 Å². The lowest BCUT2D eigenvalue weighted by molar-refractivity contribution is -0.149. The Balaban J connectivity index is 1.66. The molecule has 0 aromatic heterocycles. The molecule has 0 saturated carbocycles. The van der Waals surface area contributed by atoms with Gasteiger partial charge in [-0.3, -0.25) is 4.79 Å².